The molecule has 2 N–H and O–H groups in total. The zero-order valence-corrected chi connectivity index (χ0v) is 12.8. The second-order valence-electron chi connectivity index (χ2n) is 5.96. The van der Waals surface area contributed by atoms with E-state index in [1.165, 1.54) is 24.0 Å². The van der Waals surface area contributed by atoms with Crippen molar-refractivity contribution in [3.05, 3.63) is 35.4 Å². The van der Waals surface area contributed by atoms with Crippen LogP contribution < -0.4 is 10.6 Å². The number of benzene rings is 1. The molecule has 2 atom stereocenters. The van der Waals surface area contributed by atoms with Crippen LogP contribution in [0.5, 0.6) is 0 Å². The van der Waals surface area contributed by atoms with Crippen molar-refractivity contribution in [3.63, 3.8) is 0 Å². The van der Waals surface area contributed by atoms with Crippen LogP contribution in [0.25, 0.3) is 0 Å². The van der Waals surface area contributed by atoms with Crippen molar-refractivity contribution in [3.8, 4) is 0 Å². The third-order valence-electron chi connectivity index (χ3n) is 4.25. The molecular formula is C17H26N2O. The zero-order valence-electron chi connectivity index (χ0n) is 12.8. The molecule has 3 nitrogen and oxygen atoms in total. The van der Waals surface area contributed by atoms with Gasteiger partial charge in [-0.15, -0.1) is 0 Å². The lowest BCUT2D eigenvalue weighted by atomic mass is 10.0. The van der Waals surface area contributed by atoms with Crippen LogP contribution >= 0.6 is 0 Å². The highest BCUT2D eigenvalue weighted by Gasteiger charge is 2.22. The number of hydrogen-bond acceptors (Lipinski definition) is 2. The fourth-order valence-corrected chi connectivity index (χ4v) is 3.01. The lowest BCUT2D eigenvalue weighted by molar-refractivity contribution is -0.123. The summed E-state index contributed by atoms with van der Waals surface area (Å²) in [5.41, 5.74) is 2.52. The summed E-state index contributed by atoms with van der Waals surface area (Å²) in [5.74, 6) is 0.123. The molecule has 20 heavy (non-hydrogen) atoms. The van der Waals surface area contributed by atoms with Crippen molar-refractivity contribution in [2.45, 2.75) is 64.6 Å². The van der Waals surface area contributed by atoms with Crippen LogP contribution in [0, 0.1) is 6.92 Å². The molecule has 0 radical (unpaired) electrons. The fraction of sp³-hybridized carbons (Fsp3) is 0.588. The number of nitrogens with one attached hydrogen (secondary N) is 2. The number of aryl methyl sites for hydroxylation is 1. The quantitative estimate of drug-likeness (QED) is 0.866. The van der Waals surface area contributed by atoms with Crippen LogP contribution in [0.3, 0.4) is 0 Å². The van der Waals surface area contributed by atoms with Crippen molar-refractivity contribution in [2.24, 2.45) is 0 Å². The van der Waals surface area contributed by atoms with Gasteiger partial charge < -0.3 is 5.32 Å². The maximum absolute atomic E-state index is 12.2. The first-order valence-corrected chi connectivity index (χ1v) is 7.70. The maximum atomic E-state index is 12.2. The Morgan fingerprint density at radius 2 is 1.85 bits per heavy atom. The first-order chi connectivity index (χ1) is 9.58. The first kappa shape index (κ1) is 15.0. The van der Waals surface area contributed by atoms with E-state index in [2.05, 4.69) is 36.6 Å². The van der Waals surface area contributed by atoms with E-state index in [9.17, 15) is 4.79 Å². The van der Waals surface area contributed by atoms with Gasteiger partial charge in [0, 0.05) is 12.1 Å². The second kappa shape index (κ2) is 6.89. The molecule has 1 fully saturated rings. The summed E-state index contributed by atoms with van der Waals surface area (Å²) in [4.78, 5) is 12.2. The monoisotopic (exact) mass is 274 g/mol. The van der Waals surface area contributed by atoms with Gasteiger partial charge in [0.1, 0.15) is 0 Å². The number of hydrogen-bond donors (Lipinski definition) is 2. The minimum absolute atomic E-state index is 0.123. The van der Waals surface area contributed by atoms with Crippen LogP contribution in [-0.2, 0) is 4.79 Å². The molecule has 0 aliphatic heterocycles. The van der Waals surface area contributed by atoms with E-state index >= 15 is 0 Å². The van der Waals surface area contributed by atoms with Crippen molar-refractivity contribution < 1.29 is 4.79 Å². The zero-order chi connectivity index (χ0) is 14.5. The molecule has 1 amide bonds. The number of carbonyl (C=O) groups is 1. The largest absolute Gasteiger partial charge is 0.352 e. The van der Waals surface area contributed by atoms with Gasteiger partial charge in [-0.2, -0.15) is 0 Å². The average Bonchev–Trinajstić information content (AvgIpc) is 2.91. The summed E-state index contributed by atoms with van der Waals surface area (Å²) in [6.07, 6.45) is 4.75. The predicted octanol–water partition coefficient (Wildman–Crippen LogP) is 3.09. The lowest BCUT2D eigenvalue weighted by Crippen LogP contribution is -2.46. The first-order valence-electron chi connectivity index (χ1n) is 7.70. The summed E-state index contributed by atoms with van der Waals surface area (Å²) >= 11 is 0. The standard InChI is InChI=1S/C17H26N2O/c1-12-8-4-7-11-16(12)13(2)18-14(3)17(20)19-15-9-5-6-10-15/h4,7-8,11,13-15,18H,5-6,9-10H2,1-3H3,(H,19,20). The Bertz CT molecular complexity index is 452. The number of rotatable bonds is 5. The molecule has 1 saturated carbocycles. The van der Waals surface area contributed by atoms with Crippen molar-refractivity contribution >= 4 is 5.91 Å². The van der Waals surface area contributed by atoms with Gasteiger partial charge in [-0.05, 0) is 44.7 Å². The Hall–Kier alpha value is -1.35. The number of carbonyl (C=O) groups excluding carboxylic acids is 1. The normalized spacial score (nSPS) is 18.8. The van der Waals surface area contributed by atoms with E-state index in [4.69, 9.17) is 0 Å². The molecule has 110 valence electrons. The average molecular weight is 274 g/mol. The molecule has 0 saturated heterocycles. The molecule has 0 heterocycles. The highest BCUT2D eigenvalue weighted by molar-refractivity contribution is 5.81. The minimum Gasteiger partial charge on any atom is -0.352 e. The summed E-state index contributed by atoms with van der Waals surface area (Å²) in [7, 11) is 0. The SMILES string of the molecule is Cc1ccccc1C(C)NC(C)C(=O)NC1CCCC1. The van der Waals surface area contributed by atoms with Crippen LogP contribution in [-0.4, -0.2) is 18.0 Å². The molecule has 1 aliphatic carbocycles. The predicted molar refractivity (Wildman–Crippen MR) is 82.6 cm³/mol. The summed E-state index contributed by atoms with van der Waals surface area (Å²) in [6, 6.07) is 8.72. The Labute approximate surface area is 122 Å². The van der Waals surface area contributed by atoms with E-state index in [-0.39, 0.29) is 18.0 Å². The Balaban J connectivity index is 1.88. The summed E-state index contributed by atoms with van der Waals surface area (Å²) < 4.78 is 0. The molecule has 0 bridgehead atoms. The summed E-state index contributed by atoms with van der Waals surface area (Å²) in [6.45, 7) is 6.16. The van der Waals surface area contributed by atoms with Crippen molar-refractivity contribution in [1.29, 1.82) is 0 Å². The van der Waals surface area contributed by atoms with Gasteiger partial charge in [0.25, 0.3) is 0 Å². The Morgan fingerprint density at radius 3 is 2.50 bits per heavy atom. The van der Waals surface area contributed by atoms with Gasteiger partial charge >= 0.3 is 0 Å². The molecule has 0 aromatic heterocycles. The minimum atomic E-state index is -0.162. The topological polar surface area (TPSA) is 41.1 Å². The molecular weight excluding hydrogens is 248 g/mol. The third-order valence-corrected chi connectivity index (χ3v) is 4.25. The molecule has 0 spiro atoms. The van der Waals surface area contributed by atoms with Crippen LogP contribution in [0.15, 0.2) is 24.3 Å². The van der Waals surface area contributed by atoms with Crippen molar-refractivity contribution in [1.82, 2.24) is 10.6 Å². The van der Waals surface area contributed by atoms with Gasteiger partial charge in [0.05, 0.1) is 6.04 Å². The van der Waals surface area contributed by atoms with E-state index in [1.54, 1.807) is 0 Å². The Morgan fingerprint density at radius 1 is 1.20 bits per heavy atom. The van der Waals surface area contributed by atoms with E-state index in [0.717, 1.165) is 12.8 Å². The van der Waals surface area contributed by atoms with Gasteiger partial charge in [-0.1, -0.05) is 37.1 Å². The molecule has 1 aromatic rings. The molecule has 1 aliphatic rings. The smallest absolute Gasteiger partial charge is 0.237 e. The van der Waals surface area contributed by atoms with Gasteiger partial charge in [-0.3, -0.25) is 10.1 Å². The highest BCUT2D eigenvalue weighted by Crippen LogP contribution is 2.19. The molecule has 2 rings (SSSR count). The maximum Gasteiger partial charge on any atom is 0.237 e. The third kappa shape index (κ3) is 3.83. The van der Waals surface area contributed by atoms with E-state index in [0.29, 0.717) is 6.04 Å². The molecule has 3 heteroatoms. The van der Waals surface area contributed by atoms with Crippen LogP contribution in [0.4, 0.5) is 0 Å². The highest BCUT2D eigenvalue weighted by atomic mass is 16.2. The summed E-state index contributed by atoms with van der Waals surface area (Å²) in [5, 5.41) is 6.55. The molecule has 1 aromatic carbocycles. The Kier molecular flexibility index (Phi) is 5.18. The van der Waals surface area contributed by atoms with Crippen LogP contribution in [0.1, 0.15) is 56.7 Å². The van der Waals surface area contributed by atoms with E-state index < -0.39 is 0 Å². The van der Waals surface area contributed by atoms with Gasteiger partial charge in [0.2, 0.25) is 5.91 Å². The molecule has 2 unspecified atom stereocenters. The lowest BCUT2D eigenvalue weighted by Gasteiger charge is -2.23. The van der Waals surface area contributed by atoms with Crippen molar-refractivity contribution in [2.75, 3.05) is 0 Å². The van der Waals surface area contributed by atoms with E-state index in [1.807, 2.05) is 19.1 Å². The second-order valence-corrected chi connectivity index (χ2v) is 5.96. The van der Waals surface area contributed by atoms with Gasteiger partial charge in [-0.25, -0.2) is 0 Å². The number of amides is 1. The van der Waals surface area contributed by atoms with Crippen LogP contribution in [0.2, 0.25) is 0 Å². The van der Waals surface area contributed by atoms with Gasteiger partial charge in [0.15, 0.2) is 0 Å². The fourth-order valence-electron chi connectivity index (χ4n) is 3.01.